The molecule has 1 N–H and O–H groups in total. The summed E-state index contributed by atoms with van der Waals surface area (Å²) < 4.78 is 11.5. The molecule has 2 amide bonds. The van der Waals surface area contributed by atoms with Crippen LogP contribution in [0.4, 0.5) is 0 Å². The molecule has 0 saturated heterocycles. The van der Waals surface area contributed by atoms with Gasteiger partial charge >= 0.3 is 0 Å². The minimum absolute atomic E-state index is 0.0979. The summed E-state index contributed by atoms with van der Waals surface area (Å²) in [5.74, 6) is 0.814. The van der Waals surface area contributed by atoms with E-state index in [0.717, 1.165) is 11.3 Å². The lowest BCUT2D eigenvalue weighted by Crippen LogP contribution is -2.25. The number of amides is 2. The van der Waals surface area contributed by atoms with Gasteiger partial charge in [-0.15, -0.1) is 5.10 Å². The Labute approximate surface area is 203 Å². The molecule has 9 heteroatoms. The predicted octanol–water partition coefficient (Wildman–Crippen LogP) is 5.10. The molecule has 0 aromatic heterocycles. The van der Waals surface area contributed by atoms with Crippen molar-refractivity contribution in [1.29, 1.82) is 0 Å². The quantitative estimate of drug-likeness (QED) is 0.571. The highest BCUT2D eigenvalue weighted by atomic mass is 35.5. The molecule has 7 nitrogen and oxygen atoms in total. The molecule has 1 heterocycles. The molecule has 2 aromatic carbocycles. The van der Waals surface area contributed by atoms with Crippen LogP contribution in [0.15, 0.2) is 47.6 Å². The van der Waals surface area contributed by atoms with Gasteiger partial charge in [-0.1, -0.05) is 62.3 Å². The molecular weight excluding hydrogens is 462 g/mol. The Morgan fingerprint density at radius 1 is 1.09 bits per heavy atom. The summed E-state index contributed by atoms with van der Waals surface area (Å²) in [6, 6.07) is 13.4. The molecule has 1 aliphatic rings. The van der Waals surface area contributed by atoms with Crippen LogP contribution in [0.5, 0.6) is 11.5 Å². The Morgan fingerprint density at radius 3 is 2.33 bits per heavy atom. The number of nitrogens with one attached hydrogen (secondary N) is 1. The van der Waals surface area contributed by atoms with Gasteiger partial charge in [0, 0.05) is 13.8 Å². The Bertz CT molecular complexity index is 1050. The summed E-state index contributed by atoms with van der Waals surface area (Å²) in [5, 5.41) is 8.49. The zero-order valence-electron chi connectivity index (χ0n) is 19.3. The van der Waals surface area contributed by atoms with E-state index in [1.807, 2.05) is 18.2 Å². The number of benzene rings is 2. The summed E-state index contributed by atoms with van der Waals surface area (Å²) in [4.78, 5) is 23.3. The molecule has 3 rings (SSSR count). The number of hydrogen-bond acceptors (Lipinski definition) is 6. The molecule has 1 atom stereocenters. The lowest BCUT2D eigenvalue weighted by atomic mass is 9.87. The molecule has 1 aliphatic heterocycles. The average Bonchev–Trinajstić information content (AvgIpc) is 3.15. The summed E-state index contributed by atoms with van der Waals surface area (Å²) in [6.07, 6.45) is 0. The van der Waals surface area contributed by atoms with Crippen molar-refractivity contribution in [2.45, 2.75) is 45.4 Å². The van der Waals surface area contributed by atoms with E-state index >= 15 is 0 Å². The van der Waals surface area contributed by atoms with Gasteiger partial charge in [0.05, 0.1) is 5.02 Å². The maximum atomic E-state index is 12.0. The number of halogens is 1. The molecule has 0 radical (unpaired) electrons. The van der Waals surface area contributed by atoms with Gasteiger partial charge in [0.2, 0.25) is 11.8 Å². The smallest absolute Gasteiger partial charge is 0.241 e. The fourth-order valence-electron chi connectivity index (χ4n) is 3.13. The first kappa shape index (κ1) is 24.9. The van der Waals surface area contributed by atoms with Gasteiger partial charge in [-0.05, 0) is 40.8 Å². The first-order chi connectivity index (χ1) is 15.5. The molecule has 0 aliphatic carbocycles. The minimum Gasteiger partial charge on any atom is -0.490 e. The van der Waals surface area contributed by atoms with Crippen molar-refractivity contribution in [3.63, 3.8) is 0 Å². The van der Waals surface area contributed by atoms with Crippen molar-refractivity contribution in [1.82, 2.24) is 10.3 Å². The molecule has 0 spiro atoms. The summed E-state index contributed by atoms with van der Waals surface area (Å²) >= 11 is 7.69. The largest absolute Gasteiger partial charge is 0.490 e. The van der Waals surface area contributed by atoms with Gasteiger partial charge in [-0.25, -0.2) is 5.01 Å². The van der Waals surface area contributed by atoms with Gasteiger partial charge in [-0.2, -0.15) is 0 Å². The summed E-state index contributed by atoms with van der Waals surface area (Å²) in [6.45, 7) is 10.0. The van der Waals surface area contributed by atoms with Crippen molar-refractivity contribution >= 4 is 40.3 Å². The van der Waals surface area contributed by atoms with Crippen LogP contribution < -0.4 is 14.8 Å². The van der Waals surface area contributed by atoms with Crippen molar-refractivity contribution in [3.8, 4) is 11.5 Å². The maximum absolute atomic E-state index is 12.0. The molecule has 2 aromatic rings. The molecule has 1 unspecified atom stereocenters. The number of hydrogen-bond donors (Lipinski definition) is 1. The van der Waals surface area contributed by atoms with Crippen LogP contribution in [-0.4, -0.2) is 35.2 Å². The average molecular weight is 490 g/mol. The minimum atomic E-state index is -0.421. The Kier molecular flexibility index (Phi) is 7.92. The topological polar surface area (TPSA) is 80.2 Å². The van der Waals surface area contributed by atoms with E-state index in [2.05, 4.69) is 43.3 Å². The highest BCUT2D eigenvalue weighted by Crippen LogP contribution is 2.40. The number of rotatable bonds is 6. The van der Waals surface area contributed by atoms with E-state index in [9.17, 15) is 9.59 Å². The number of ether oxygens (including phenoxy) is 2. The fourth-order valence-corrected chi connectivity index (χ4v) is 4.50. The van der Waals surface area contributed by atoms with Crippen molar-refractivity contribution in [2.75, 3.05) is 13.2 Å². The van der Waals surface area contributed by atoms with Crippen LogP contribution in [0.3, 0.4) is 0 Å². The SMILES string of the molecule is CC(=O)NC1=NN(C(C)=O)C(c2ccc(OCCOc3ccc(C(C)(C)C)cc3)c(Cl)c2)S1. The van der Waals surface area contributed by atoms with Crippen molar-refractivity contribution in [2.24, 2.45) is 5.10 Å². The lowest BCUT2D eigenvalue weighted by Gasteiger charge is -2.20. The van der Waals surface area contributed by atoms with Gasteiger partial charge in [0.25, 0.3) is 0 Å². The van der Waals surface area contributed by atoms with Crippen LogP contribution in [0.2, 0.25) is 5.02 Å². The van der Waals surface area contributed by atoms with E-state index in [1.54, 1.807) is 12.1 Å². The lowest BCUT2D eigenvalue weighted by molar-refractivity contribution is -0.129. The highest BCUT2D eigenvalue weighted by molar-refractivity contribution is 8.14. The van der Waals surface area contributed by atoms with Crippen LogP contribution in [0.25, 0.3) is 0 Å². The molecular formula is C24H28ClN3O4S. The first-order valence-corrected chi connectivity index (χ1v) is 11.8. The van der Waals surface area contributed by atoms with Crippen molar-refractivity contribution < 1.29 is 19.1 Å². The van der Waals surface area contributed by atoms with Crippen molar-refractivity contribution in [3.05, 3.63) is 58.6 Å². The highest BCUT2D eigenvalue weighted by Gasteiger charge is 2.32. The third-order valence-electron chi connectivity index (χ3n) is 4.82. The Morgan fingerprint density at radius 2 is 1.76 bits per heavy atom. The number of carbonyl (C=O) groups is 2. The van der Waals surface area contributed by atoms with E-state index in [-0.39, 0.29) is 17.2 Å². The second kappa shape index (κ2) is 10.5. The van der Waals surface area contributed by atoms with E-state index in [4.69, 9.17) is 21.1 Å². The van der Waals surface area contributed by atoms with Gasteiger partial charge < -0.3 is 14.8 Å². The second-order valence-corrected chi connectivity index (χ2v) is 10.1. The Hall–Kier alpha value is -2.71. The van der Waals surface area contributed by atoms with E-state index < -0.39 is 5.37 Å². The zero-order chi connectivity index (χ0) is 24.2. The van der Waals surface area contributed by atoms with Crippen LogP contribution in [-0.2, 0) is 15.0 Å². The van der Waals surface area contributed by atoms with Crippen LogP contribution in [0, 0.1) is 0 Å². The third kappa shape index (κ3) is 6.65. The third-order valence-corrected chi connectivity index (χ3v) is 6.22. The van der Waals surface area contributed by atoms with E-state index in [1.165, 1.54) is 36.2 Å². The molecule has 176 valence electrons. The molecule has 0 saturated carbocycles. The number of hydrazone groups is 1. The number of thioether (sulfide) groups is 1. The van der Waals surface area contributed by atoms with Gasteiger partial charge in [0.15, 0.2) is 5.17 Å². The second-order valence-electron chi connectivity index (χ2n) is 8.58. The van der Waals surface area contributed by atoms with Crippen LogP contribution >= 0.6 is 23.4 Å². The first-order valence-electron chi connectivity index (χ1n) is 10.5. The zero-order valence-corrected chi connectivity index (χ0v) is 20.9. The van der Waals surface area contributed by atoms with Gasteiger partial charge in [0.1, 0.15) is 30.1 Å². The predicted molar refractivity (Wildman–Crippen MR) is 132 cm³/mol. The maximum Gasteiger partial charge on any atom is 0.241 e. The van der Waals surface area contributed by atoms with Crippen LogP contribution in [0.1, 0.15) is 51.1 Å². The number of carbonyl (C=O) groups excluding carboxylic acids is 2. The van der Waals surface area contributed by atoms with E-state index in [0.29, 0.717) is 29.2 Å². The molecule has 0 fully saturated rings. The summed E-state index contributed by atoms with van der Waals surface area (Å²) in [7, 11) is 0. The normalized spacial score (nSPS) is 15.8. The monoisotopic (exact) mass is 489 g/mol. The fraction of sp³-hybridized carbons (Fsp3) is 0.375. The molecule has 0 bridgehead atoms. The molecule has 33 heavy (non-hydrogen) atoms. The number of nitrogens with zero attached hydrogens (tertiary/aromatic N) is 2. The standard InChI is InChI=1S/C24H28ClN3O4S/c1-15(29)26-23-27-28(16(2)30)22(33-23)17-6-11-21(20(25)14-17)32-13-12-31-19-9-7-18(8-10-19)24(3,4)5/h6-11,14,22H,12-13H2,1-5H3,(H,26,27,29). The number of amidine groups is 1. The Balaban J connectivity index is 1.56. The summed E-state index contributed by atoms with van der Waals surface area (Å²) in [5.41, 5.74) is 2.11. The van der Waals surface area contributed by atoms with Gasteiger partial charge in [-0.3, -0.25) is 9.59 Å².